The van der Waals surface area contributed by atoms with Gasteiger partial charge in [-0.1, -0.05) is 19.1 Å². The summed E-state index contributed by atoms with van der Waals surface area (Å²) in [6.07, 6.45) is 1.15. The number of halogens is 1. The summed E-state index contributed by atoms with van der Waals surface area (Å²) in [6.45, 7) is 4.03. The van der Waals surface area contributed by atoms with Gasteiger partial charge in [-0.15, -0.1) is 11.3 Å². The normalized spacial score (nSPS) is 10.6. The molecule has 0 unspecified atom stereocenters. The summed E-state index contributed by atoms with van der Waals surface area (Å²) in [5, 5.41) is 9.67. The zero-order valence-corrected chi connectivity index (χ0v) is 12.6. The van der Waals surface area contributed by atoms with Gasteiger partial charge in [0.25, 0.3) is 0 Å². The number of anilines is 2. The number of nitrogens with one attached hydrogen (secondary N) is 2. The summed E-state index contributed by atoms with van der Waals surface area (Å²) < 4.78 is 1.05. The van der Waals surface area contributed by atoms with Crippen LogP contribution in [0.2, 0.25) is 0 Å². The van der Waals surface area contributed by atoms with Crippen LogP contribution in [-0.2, 0) is 6.54 Å². The average Bonchev–Trinajstić information content (AvgIpc) is 2.80. The highest BCUT2D eigenvalue weighted by Gasteiger charge is 2.03. The Morgan fingerprint density at radius 3 is 2.94 bits per heavy atom. The van der Waals surface area contributed by atoms with Gasteiger partial charge in [0.2, 0.25) is 0 Å². The standard InChI is InChI=1S/C13H16BrN3S/c1-2-7-15-8-10-9-18-13(16-10)17-12-6-4-3-5-11(12)14/h3-6,9,15H,2,7-8H2,1H3,(H,16,17). The van der Waals surface area contributed by atoms with Crippen molar-refractivity contribution in [2.24, 2.45) is 0 Å². The molecular weight excluding hydrogens is 310 g/mol. The van der Waals surface area contributed by atoms with Crippen LogP contribution >= 0.6 is 27.3 Å². The van der Waals surface area contributed by atoms with Gasteiger partial charge < -0.3 is 10.6 Å². The molecule has 0 aliphatic rings. The van der Waals surface area contributed by atoms with Gasteiger partial charge in [0.15, 0.2) is 5.13 Å². The van der Waals surface area contributed by atoms with Crippen molar-refractivity contribution >= 4 is 38.1 Å². The number of hydrogen-bond acceptors (Lipinski definition) is 4. The third-order valence-electron chi connectivity index (χ3n) is 2.40. The molecule has 96 valence electrons. The predicted octanol–water partition coefficient (Wildman–Crippen LogP) is 4.15. The van der Waals surface area contributed by atoms with E-state index in [4.69, 9.17) is 0 Å². The fourth-order valence-electron chi connectivity index (χ4n) is 1.52. The van der Waals surface area contributed by atoms with E-state index in [0.717, 1.165) is 40.5 Å². The van der Waals surface area contributed by atoms with Crippen LogP contribution in [0.25, 0.3) is 0 Å². The van der Waals surface area contributed by atoms with Crippen molar-refractivity contribution in [3.05, 3.63) is 39.8 Å². The first kappa shape index (κ1) is 13.5. The molecule has 0 saturated carbocycles. The SMILES string of the molecule is CCCNCc1csc(Nc2ccccc2Br)n1. The molecule has 1 aromatic heterocycles. The Balaban J connectivity index is 1.96. The molecule has 2 rings (SSSR count). The molecule has 0 saturated heterocycles. The Kier molecular flexibility index (Phi) is 5.16. The second-order valence-electron chi connectivity index (χ2n) is 3.93. The van der Waals surface area contributed by atoms with E-state index in [2.05, 4.69) is 43.9 Å². The molecule has 0 spiro atoms. The zero-order valence-electron chi connectivity index (χ0n) is 10.2. The number of para-hydroxylation sites is 1. The fourth-order valence-corrected chi connectivity index (χ4v) is 2.62. The van der Waals surface area contributed by atoms with E-state index in [1.165, 1.54) is 0 Å². The van der Waals surface area contributed by atoms with Crippen LogP contribution in [0.5, 0.6) is 0 Å². The van der Waals surface area contributed by atoms with E-state index in [-0.39, 0.29) is 0 Å². The number of rotatable bonds is 6. The van der Waals surface area contributed by atoms with Crippen LogP contribution in [0.4, 0.5) is 10.8 Å². The molecule has 1 aromatic carbocycles. The number of aromatic nitrogens is 1. The van der Waals surface area contributed by atoms with Gasteiger partial charge in [0.1, 0.15) is 0 Å². The highest BCUT2D eigenvalue weighted by molar-refractivity contribution is 9.10. The van der Waals surface area contributed by atoms with E-state index in [1.54, 1.807) is 11.3 Å². The van der Waals surface area contributed by atoms with Crippen molar-refractivity contribution < 1.29 is 0 Å². The van der Waals surface area contributed by atoms with Gasteiger partial charge in [-0.05, 0) is 41.0 Å². The Hall–Kier alpha value is -0.910. The summed E-state index contributed by atoms with van der Waals surface area (Å²) in [5.74, 6) is 0. The van der Waals surface area contributed by atoms with Crippen LogP contribution in [-0.4, -0.2) is 11.5 Å². The van der Waals surface area contributed by atoms with E-state index in [0.29, 0.717) is 0 Å². The maximum absolute atomic E-state index is 4.54. The van der Waals surface area contributed by atoms with Crippen LogP contribution in [0.1, 0.15) is 19.0 Å². The lowest BCUT2D eigenvalue weighted by molar-refractivity contribution is 0.667. The van der Waals surface area contributed by atoms with Crippen molar-refractivity contribution in [3.63, 3.8) is 0 Å². The summed E-state index contributed by atoms with van der Waals surface area (Å²) in [4.78, 5) is 4.54. The third-order valence-corrected chi connectivity index (χ3v) is 3.90. The second-order valence-corrected chi connectivity index (χ2v) is 5.64. The summed E-state index contributed by atoms with van der Waals surface area (Å²) in [5.41, 5.74) is 2.13. The molecule has 0 atom stereocenters. The quantitative estimate of drug-likeness (QED) is 0.783. The topological polar surface area (TPSA) is 37.0 Å². The van der Waals surface area contributed by atoms with Crippen molar-refractivity contribution in [2.45, 2.75) is 19.9 Å². The lowest BCUT2D eigenvalue weighted by Gasteiger charge is -2.04. The molecule has 0 bridgehead atoms. The van der Waals surface area contributed by atoms with Crippen molar-refractivity contribution in [1.29, 1.82) is 0 Å². The van der Waals surface area contributed by atoms with Crippen LogP contribution in [0.15, 0.2) is 34.1 Å². The number of thiazole rings is 1. The van der Waals surface area contributed by atoms with Crippen LogP contribution in [0.3, 0.4) is 0 Å². The minimum Gasteiger partial charge on any atom is -0.331 e. The molecule has 2 aromatic rings. The van der Waals surface area contributed by atoms with Crippen LogP contribution < -0.4 is 10.6 Å². The molecule has 18 heavy (non-hydrogen) atoms. The van der Waals surface area contributed by atoms with E-state index >= 15 is 0 Å². The average molecular weight is 326 g/mol. The van der Waals surface area contributed by atoms with Crippen molar-refractivity contribution in [3.8, 4) is 0 Å². The lowest BCUT2D eigenvalue weighted by Crippen LogP contribution is -2.13. The van der Waals surface area contributed by atoms with Crippen molar-refractivity contribution in [2.75, 3.05) is 11.9 Å². The first-order valence-corrected chi connectivity index (χ1v) is 7.63. The minimum absolute atomic E-state index is 0.835. The molecule has 2 N–H and O–H groups in total. The fraction of sp³-hybridized carbons (Fsp3) is 0.308. The van der Waals surface area contributed by atoms with Gasteiger partial charge >= 0.3 is 0 Å². The van der Waals surface area contributed by atoms with Gasteiger partial charge in [-0.2, -0.15) is 0 Å². The molecule has 0 aliphatic heterocycles. The Morgan fingerprint density at radius 1 is 1.33 bits per heavy atom. The monoisotopic (exact) mass is 325 g/mol. The van der Waals surface area contributed by atoms with Crippen molar-refractivity contribution in [1.82, 2.24) is 10.3 Å². The van der Waals surface area contributed by atoms with Gasteiger partial charge in [0.05, 0.1) is 11.4 Å². The molecule has 0 fully saturated rings. The van der Waals surface area contributed by atoms with Gasteiger partial charge in [0, 0.05) is 16.4 Å². The minimum atomic E-state index is 0.835. The van der Waals surface area contributed by atoms with E-state index < -0.39 is 0 Å². The van der Waals surface area contributed by atoms with Gasteiger partial charge in [-0.25, -0.2) is 4.98 Å². The first-order chi connectivity index (χ1) is 8.79. The molecule has 3 nitrogen and oxygen atoms in total. The van der Waals surface area contributed by atoms with E-state index in [9.17, 15) is 0 Å². The Labute approximate surface area is 120 Å². The molecule has 0 radical (unpaired) electrons. The maximum atomic E-state index is 4.54. The number of hydrogen-bond donors (Lipinski definition) is 2. The predicted molar refractivity (Wildman–Crippen MR) is 81.5 cm³/mol. The smallest absolute Gasteiger partial charge is 0.187 e. The zero-order chi connectivity index (χ0) is 12.8. The third kappa shape index (κ3) is 3.80. The largest absolute Gasteiger partial charge is 0.331 e. The summed E-state index contributed by atoms with van der Waals surface area (Å²) >= 11 is 5.14. The summed E-state index contributed by atoms with van der Waals surface area (Å²) in [7, 11) is 0. The Bertz CT molecular complexity index is 498. The molecular formula is C13H16BrN3S. The Morgan fingerprint density at radius 2 is 2.17 bits per heavy atom. The maximum Gasteiger partial charge on any atom is 0.187 e. The highest BCUT2D eigenvalue weighted by atomic mass is 79.9. The number of benzene rings is 1. The first-order valence-electron chi connectivity index (χ1n) is 5.96. The highest BCUT2D eigenvalue weighted by Crippen LogP contribution is 2.26. The van der Waals surface area contributed by atoms with Crippen LogP contribution in [0, 0.1) is 0 Å². The summed E-state index contributed by atoms with van der Waals surface area (Å²) in [6, 6.07) is 8.04. The van der Waals surface area contributed by atoms with Gasteiger partial charge in [-0.3, -0.25) is 0 Å². The number of nitrogens with zero attached hydrogens (tertiary/aromatic N) is 1. The molecule has 0 aliphatic carbocycles. The lowest BCUT2D eigenvalue weighted by atomic mass is 10.3. The van der Waals surface area contributed by atoms with E-state index in [1.807, 2.05) is 24.3 Å². The molecule has 1 heterocycles. The second kappa shape index (κ2) is 6.87. The molecule has 5 heteroatoms. The molecule has 0 amide bonds.